The Labute approximate surface area is 158 Å². The smallest absolute Gasteiger partial charge is 0.244 e. The van der Waals surface area contributed by atoms with Crippen LogP contribution in [0.1, 0.15) is 38.7 Å². The first kappa shape index (κ1) is 20.0. The number of thiol groups is 1. The van der Waals surface area contributed by atoms with Crippen molar-refractivity contribution < 1.29 is 9.59 Å². The molecule has 0 aliphatic carbocycles. The molecule has 25 heavy (non-hydrogen) atoms. The number of nitrogens with zero attached hydrogens (tertiary/aromatic N) is 3. The van der Waals surface area contributed by atoms with Crippen molar-refractivity contribution in [2.45, 2.75) is 50.7 Å². The van der Waals surface area contributed by atoms with Crippen LogP contribution in [0.4, 0.5) is 5.82 Å². The van der Waals surface area contributed by atoms with Crippen molar-refractivity contribution in [2.75, 3.05) is 17.7 Å². The molecule has 0 saturated carbocycles. The first-order valence-corrected chi connectivity index (χ1v) is 10.1. The van der Waals surface area contributed by atoms with Gasteiger partial charge in [0, 0.05) is 30.8 Å². The predicted octanol–water partition coefficient (Wildman–Crippen LogP) is 1.57. The number of hydrogen-bond acceptors (Lipinski definition) is 7. The standard InChI is InChI=1S/C16H22N4O2S.H3NS/c1-4-11(5-2)20-12-10(9-18-15(19-12)23-3)8-16(14(20)22)6-7-17-13(16)21;1-2/h9,11H,4-8H2,1-3H3,(H,17,21);2H,1H2. The number of aromatic nitrogens is 2. The van der Waals surface area contributed by atoms with Gasteiger partial charge in [-0.3, -0.25) is 19.6 Å². The number of carbonyl (C=O) groups excluding carboxylic acids is 2. The summed E-state index contributed by atoms with van der Waals surface area (Å²) < 4.78 is 0. The summed E-state index contributed by atoms with van der Waals surface area (Å²) in [6, 6.07) is 0.0523. The SMILES string of the molecule is CCC(CC)N1C(=O)C2(CCNC2=O)Cc2cnc(SC)nc21.NS. The van der Waals surface area contributed by atoms with Gasteiger partial charge in [0.2, 0.25) is 11.8 Å². The summed E-state index contributed by atoms with van der Waals surface area (Å²) in [5.41, 5.74) is -0.0776. The third-order valence-corrected chi connectivity index (χ3v) is 5.49. The first-order valence-electron chi connectivity index (χ1n) is 8.35. The molecule has 1 aromatic rings. The quantitative estimate of drug-likeness (QED) is 0.316. The van der Waals surface area contributed by atoms with Crippen LogP contribution in [0.3, 0.4) is 0 Å². The molecule has 3 rings (SSSR count). The number of anilines is 1. The maximum atomic E-state index is 13.3. The van der Waals surface area contributed by atoms with Gasteiger partial charge in [-0.15, -0.1) is 12.8 Å². The second-order valence-electron chi connectivity index (χ2n) is 6.12. The summed E-state index contributed by atoms with van der Waals surface area (Å²) in [4.78, 5) is 36.4. The molecule has 0 aromatic carbocycles. The fourth-order valence-electron chi connectivity index (χ4n) is 3.58. The molecule has 7 nitrogen and oxygen atoms in total. The van der Waals surface area contributed by atoms with Gasteiger partial charge in [-0.2, -0.15) is 0 Å². The van der Waals surface area contributed by atoms with Crippen LogP contribution in [0, 0.1) is 5.41 Å². The second-order valence-corrected chi connectivity index (χ2v) is 6.89. The van der Waals surface area contributed by atoms with E-state index in [1.165, 1.54) is 11.8 Å². The Hall–Kier alpha value is -1.32. The van der Waals surface area contributed by atoms with E-state index >= 15 is 0 Å². The van der Waals surface area contributed by atoms with Gasteiger partial charge >= 0.3 is 0 Å². The molecule has 2 amide bonds. The van der Waals surface area contributed by atoms with Gasteiger partial charge in [-0.05, 0) is 25.5 Å². The molecule has 0 radical (unpaired) electrons. The molecule has 138 valence electrons. The highest BCUT2D eigenvalue weighted by atomic mass is 32.2. The fourth-order valence-corrected chi connectivity index (χ4v) is 3.91. The Balaban J connectivity index is 0.00000109. The first-order chi connectivity index (χ1) is 12.1. The molecule has 1 fully saturated rings. The minimum Gasteiger partial charge on any atom is -0.355 e. The summed E-state index contributed by atoms with van der Waals surface area (Å²) in [5.74, 6) is 0.436. The van der Waals surface area contributed by atoms with E-state index in [4.69, 9.17) is 0 Å². The predicted molar refractivity (Wildman–Crippen MR) is 103 cm³/mol. The molecule has 0 bridgehead atoms. The van der Waals surface area contributed by atoms with Crippen molar-refractivity contribution in [3.05, 3.63) is 11.8 Å². The van der Waals surface area contributed by atoms with Crippen molar-refractivity contribution in [3.63, 3.8) is 0 Å². The zero-order valence-corrected chi connectivity index (χ0v) is 16.5. The van der Waals surface area contributed by atoms with E-state index < -0.39 is 5.41 Å². The molecule has 9 heteroatoms. The maximum absolute atomic E-state index is 13.3. The molecule has 3 N–H and O–H groups in total. The van der Waals surface area contributed by atoms with Gasteiger partial charge < -0.3 is 5.32 Å². The molecule has 1 spiro atoms. The molecule has 3 heterocycles. The Morgan fingerprint density at radius 1 is 1.40 bits per heavy atom. The van der Waals surface area contributed by atoms with Crippen LogP contribution in [-0.2, 0) is 16.0 Å². The lowest BCUT2D eigenvalue weighted by molar-refractivity contribution is -0.140. The summed E-state index contributed by atoms with van der Waals surface area (Å²) in [6.45, 7) is 4.68. The lowest BCUT2D eigenvalue weighted by Crippen LogP contribution is -2.56. The molecule has 1 saturated heterocycles. The van der Waals surface area contributed by atoms with Crippen LogP contribution in [-0.4, -0.2) is 40.6 Å². The van der Waals surface area contributed by atoms with Crippen molar-refractivity contribution in [1.29, 1.82) is 0 Å². The van der Waals surface area contributed by atoms with Crippen molar-refractivity contribution in [1.82, 2.24) is 15.3 Å². The second kappa shape index (κ2) is 8.37. The molecule has 2 aliphatic rings. The van der Waals surface area contributed by atoms with Gasteiger partial charge in [0.25, 0.3) is 0 Å². The van der Waals surface area contributed by atoms with Crippen molar-refractivity contribution >= 4 is 42.2 Å². The number of thioether (sulfide) groups is 1. The molecule has 1 atom stereocenters. The van der Waals surface area contributed by atoms with E-state index in [0.29, 0.717) is 30.4 Å². The van der Waals surface area contributed by atoms with E-state index in [1.54, 1.807) is 11.1 Å². The number of amides is 2. The minimum atomic E-state index is -0.972. The van der Waals surface area contributed by atoms with Crippen LogP contribution < -0.4 is 15.4 Å². The lowest BCUT2D eigenvalue weighted by Gasteiger charge is -2.41. The van der Waals surface area contributed by atoms with Gasteiger partial charge in [0.15, 0.2) is 5.16 Å². The third kappa shape index (κ3) is 3.37. The summed E-state index contributed by atoms with van der Waals surface area (Å²) in [5, 5.41) is 7.67. The number of rotatable bonds is 4. The van der Waals surface area contributed by atoms with Crippen molar-refractivity contribution in [2.24, 2.45) is 10.6 Å². The lowest BCUT2D eigenvalue weighted by atomic mass is 9.76. The van der Waals surface area contributed by atoms with Crippen molar-refractivity contribution in [3.8, 4) is 0 Å². The minimum absolute atomic E-state index is 0.0523. The average Bonchev–Trinajstić information content (AvgIpc) is 3.01. The van der Waals surface area contributed by atoms with Crippen LogP contribution >= 0.6 is 24.6 Å². The zero-order chi connectivity index (χ0) is 18.6. The Bertz CT molecular complexity index is 653. The van der Waals surface area contributed by atoms with E-state index in [2.05, 4.69) is 47.1 Å². The van der Waals surface area contributed by atoms with E-state index in [-0.39, 0.29) is 17.9 Å². The number of nitrogens with two attached hydrogens (primary N) is 1. The summed E-state index contributed by atoms with van der Waals surface area (Å²) in [7, 11) is 0. The van der Waals surface area contributed by atoms with Crippen LogP contribution in [0.15, 0.2) is 11.4 Å². The summed E-state index contributed by atoms with van der Waals surface area (Å²) >= 11 is 4.48. The number of nitrogens with one attached hydrogen (secondary N) is 1. The Morgan fingerprint density at radius 3 is 2.60 bits per heavy atom. The van der Waals surface area contributed by atoms with Crippen LogP contribution in [0.25, 0.3) is 0 Å². The van der Waals surface area contributed by atoms with E-state index in [0.717, 1.165) is 18.4 Å². The molecule has 2 aliphatic heterocycles. The van der Waals surface area contributed by atoms with Crippen LogP contribution in [0.5, 0.6) is 0 Å². The average molecular weight is 384 g/mol. The highest BCUT2D eigenvalue weighted by Gasteiger charge is 2.55. The monoisotopic (exact) mass is 383 g/mol. The maximum Gasteiger partial charge on any atom is 0.244 e. The fraction of sp³-hybridized carbons (Fsp3) is 0.625. The van der Waals surface area contributed by atoms with E-state index in [1.807, 2.05) is 6.26 Å². The largest absolute Gasteiger partial charge is 0.355 e. The van der Waals surface area contributed by atoms with Gasteiger partial charge in [0.1, 0.15) is 11.2 Å². The highest BCUT2D eigenvalue weighted by Crippen LogP contribution is 2.42. The highest BCUT2D eigenvalue weighted by molar-refractivity contribution is 7.98. The number of fused-ring (bicyclic) bond motifs is 1. The topological polar surface area (TPSA) is 101 Å². The van der Waals surface area contributed by atoms with E-state index in [9.17, 15) is 9.59 Å². The van der Waals surface area contributed by atoms with Gasteiger partial charge in [-0.25, -0.2) is 9.97 Å². The van der Waals surface area contributed by atoms with Gasteiger partial charge in [-0.1, -0.05) is 25.6 Å². The molecular weight excluding hydrogens is 358 g/mol. The number of carbonyl (C=O) groups is 2. The Kier molecular flexibility index (Phi) is 6.70. The normalized spacial score (nSPS) is 21.9. The molecule has 1 unspecified atom stereocenters. The summed E-state index contributed by atoms with van der Waals surface area (Å²) in [6.07, 6.45) is 6.31. The number of hydrogen-bond donors (Lipinski definition) is 3. The molecular formula is C16H25N5O2S2. The molecule has 1 aromatic heterocycles. The van der Waals surface area contributed by atoms with Gasteiger partial charge in [0.05, 0.1) is 0 Å². The third-order valence-electron chi connectivity index (χ3n) is 4.93. The van der Waals surface area contributed by atoms with Crippen LogP contribution in [0.2, 0.25) is 0 Å². The Morgan fingerprint density at radius 2 is 2.08 bits per heavy atom. The zero-order valence-electron chi connectivity index (χ0n) is 14.8.